The van der Waals surface area contributed by atoms with Gasteiger partial charge in [0.1, 0.15) is 18.4 Å². The molecule has 0 saturated heterocycles. The molecule has 0 spiro atoms. The van der Waals surface area contributed by atoms with Gasteiger partial charge in [-0.25, -0.2) is 0 Å². The number of nitrogens with two attached hydrogens (primary N) is 1. The van der Waals surface area contributed by atoms with Gasteiger partial charge in [-0.15, -0.1) is 0 Å². The van der Waals surface area contributed by atoms with Crippen LogP contribution in [0.3, 0.4) is 0 Å². The van der Waals surface area contributed by atoms with Crippen molar-refractivity contribution in [3.05, 3.63) is 101 Å². The summed E-state index contributed by atoms with van der Waals surface area (Å²) in [7, 11) is 1.31. The molecule has 1 atom stereocenters. The topological polar surface area (TPSA) is 78.6 Å². The number of carbonyl (C=O) groups excluding carboxylic acids is 2. The van der Waals surface area contributed by atoms with E-state index in [-0.39, 0.29) is 5.78 Å². The Bertz CT molecular complexity index is 950. The van der Waals surface area contributed by atoms with Crippen LogP contribution in [-0.2, 0) is 22.6 Å². The van der Waals surface area contributed by atoms with Crippen molar-refractivity contribution in [3.8, 4) is 5.75 Å². The Morgan fingerprint density at radius 2 is 1.41 bits per heavy atom. The highest BCUT2D eigenvalue weighted by Gasteiger charge is 2.15. The number of ketones is 1. The summed E-state index contributed by atoms with van der Waals surface area (Å²) in [5.41, 5.74) is 8.87. The molecule has 0 heterocycles. The van der Waals surface area contributed by atoms with Crippen LogP contribution in [0.2, 0.25) is 0 Å². The molecule has 0 aromatic heterocycles. The first kappa shape index (κ1) is 20.3. The van der Waals surface area contributed by atoms with Gasteiger partial charge < -0.3 is 15.2 Å². The summed E-state index contributed by atoms with van der Waals surface area (Å²) in [6, 6.07) is 23.3. The highest BCUT2D eigenvalue weighted by atomic mass is 16.5. The van der Waals surface area contributed by atoms with E-state index in [0.29, 0.717) is 29.9 Å². The van der Waals surface area contributed by atoms with E-state index in [1.54, 1.807) is 48.5 Å². The van der Waals surface area contributed by atoms with Gasteiger partial charge >= 0.3 is 5.97 Å². The Hall–Kier alpha value is -3.44. The van der Waals surface area contributed by atoms with Crippen molar-refractivity contribution in [1.29, 1.82) is 0 Å². The molecule has 29 heavy (non-hydrogen) atoms. The molecular formula is C24H23NO4. The molecule has 0 fully saturated rings. The van der Waals surface area contributed by atoms with Gasteiger partial charge in [0.05, 0.1) is 7.11 Å². The fourth-order valence-electron chi connectivity index (χ4n) is 2.89. The molecule has 3 aromatic rings. The maximum absolute atomic E-state index is 12.7. The van der Waals surface area contributed by atoms with Crippen molar-refractivity contribution >= 4 is 11.8 Å². The fourth-order valence-corrected chi connectivity index (χ4v) is 2.89. The number of hydrogen-bond donors (Lipinski definition) is 1. The average Bonchev–Trinajstić information content (AvgIpc) is 2.78. The molecule has 5 heteroatoms. The van der Waals surface area contributed by atoms with Crippen molar-refractivity contribution < 1.29 is 19.1 Å². The van der Waals surface area contributed by atoms with Gasteiger partial charge in [0.2, 0.25) is 0 Å². The molecule has 5 nitrogen and oxygen atoms in total. The second-order valence-corrected chi connectivity index (χ2v) is 6.66. The van der Waals surface area contributed by atoms with Crippen molar-refractivity contribution in [2.75, 3.05) is 7.11 Å². The number of esters is 1. The van der Waals surface area contributed by atoms with Crippen molar-refractivity contribution in [1.82, 2.24) is 0 Å². The summed E-state index contributed by atoms with van der Waals surface area (Å²) >= 11 is 0. The van der Waals surface area contributed by atoms with E-state index in [1.165, 1.54) is 7.11 Å². The third-order valence-corrected chi connectivity index (χ3v) is 4.54. The van der Waals surface area contributed by atoms with Crippen LogP contribution < -0.4 is 10.5 Å². The van der Waals surface area contributed by atoms with Crippen LogP contribution in [0.25, 0.3) is 0 Å². The lowest BCUT2D eigenvalue weighted by molar-refractivity contribution is -0.142. The van der Waals surface area contributed by atoms with Gasteiger partial charge in [0.15, 0.2) is 5.78 Å². The SMILES string of the molecule is COC(=O)[C@@H](N)Cc1ccc(C(=O)c2ccc(OCc3ccccc3)cc2)cc1. The number of ether oxygens (including phenoxy) is 2. The van der Waals surface area contributed by atoms with E-state index in [4.69, 9.17) is 10.5 Å². The zero-order chi connectivity index (χ0) is 20.6. The van der Waals surface area contributed by atoms with E-state index in [9.17, 15) is 9.59 Å². The zero-order valence-electron chi connectivity index (χ0n) is 16.2. The molecule has 0 unspecified atom stereocenters. The van der Waals surface area contributed by atoms with Gasteiger partial charge in [-0.05, 0) is 41.8 Å². The maximum atomic E-state index is 12.7. The lowest BCUT2D eigenvalue weighted by Crippen LogP contribution is -2.33. The van der Waals surface area contributed by atoms with E-state index < -0.39 is 12.0 Å². The van der Waals surface area contributed by atoms with E-state index in [1.807, 2.05) is 30.3 Å². The molecule has 0 aliphatic carbocycles. The van der Waals surface area contributed by atoms with Crippen LogP contribution in [0.15, 0.2) is 78.9 Å². The smallest absolute Gasteiger partial charge is 0.322 e. The molecule has 3 rings (SSSR count). The zero-order valence-corrected chi connectivity index (χ0v) is 16.2. The average molecular weight is 389 g/mol. The minimum atomic E-state index is -0.718. The Morgan fingerprint density at radius 3 is 2.00 bits per heavy atom. The van der Waals surface area contributed by atoms with E-state index in [2.05, 4.69) is 4.74 Å². The van der Waals surface area contributed by atoms with Gasteiger partial charge in [-0.1, -0.05) is 54.6 Å². The molecule has 148 valence electrons. The lowest BCUT2D eigenvalue weighted by atomic mass is 10.00. The van der Waals surface area contributed by atoms with Crippen molar-refractivity contribution in [2.45, 2.75) is 19.1 Å². The number of methoxy groups -OCH3 is 1. The predicted molar refractivity (Wildman–Crippen MR) is 111 cm³/mol. The van der Waals surface area contributed by atoms with Crippen LogP contribution in [0, 0.1) is 0 Å². The highest BCUT2D eigenvalue weighted by molar-refractivity contribution is 6.09. The Balaban J connectivity index is 1.60. The molecule has 0 saturated carbocycles. The molecule has 0 amide bonds. The van der Waals surface area contributed by atoms with Gasteiger partial charge in [-0.3, -0.25) is 9.59 Å². The van der Waals surface area contributed by atoms with Gasteiger partial charge in [0.25, 0.3) is 0 Å². The maximum Gasteiger partial charge on any atom is 0.322 e. The van der Waals surface area contributed by atoms with Crippen LogP contribution >= 0.6 is 0 Å². The van der Waals surface area contributed by atoms with Crippen LogP contribution in [0.1, 0.15) is 27.0 Å². The molecule has 3 aromatic carbocycles. The Kier molecular flexibility index (Phi) is 6.76. The number of benzene rings is 3. The summed E-state index contributed by atoms with van der Waals surface area (Å²) in [5, 5.41) is 0. The molecule has 2 N–H and O–H groups in total. The normalized spacial score (nSPS) is 11.5. The molecule has 0 aliphatic rings. The summed E-state index contributed by atoms with van der Waals surface area (Å²) < 4.78 is 10.4. The van der Waals surface area contributed by atoms with Gasteiger partial charge in [0, 0.05) is 11.1 Å². The largest absolute Gasteiger partial charge is 0.489 e. The highest BCUT2D eigenvalue weighted by Crippen LogP contribution is 2.17. The second kappa shape index (κ2) is 9.66. The predicted octanol–water partition coefficient (Wildman–Crippen LogP) is 3.54. The number of hydrogen-bond acceptors (Lipinski definition) is 5. The third kappa shape index (κ3) is 5.53. The van der Waals surface area contributed by atoms with Crippen molar-refractivity contribution in [3.63, 3.8) is 0 Å². The van der Waals surface area contributed by atoms with Crippen molar-refractivity contribution in [2.24, 2.45) is 5.73 Å². The summed E-state index contributed by atoms with van der Waals surface area (Å²) in [6.07, 6.45) is 0.356. The first-order valence-corrected chi connectivity index (χ1v) is 9.30. The molecule has 0 aliphatic heterocycles. The second-order valence-electron chi connectivity index (χ2n) is 6.66. The van der Waals surface area contributed by atoms with Crippen LogP contribution in [-0.4, -0.2) is 24.9 Å². The number of rotatable bonds is 8. The van der Waals surface area contributed by atoms with Crippen LogP contribution in [0.4, 0.5) is 0 Å². The minimum absolute atomic E-state index is 0.0802. The van der Waals surface area contributed by atoms with Gasteiger partial charge in [-0.2, -0.15) is 0 Å². The lowest BCUT2D eigenvalue weighted by Gasteiger charge is -2.10. The van der Waals surface area contributed by atoms with E-state index in [0.717, 1.165) is 11.1 Å². The Morgan fingerprint density at radius 1 is 0.828 bits per heavy atom. The monoisotopic (exact) mass is 389 g/mol. The first-order chi connectivity index (χ1) is 14.1. The standard InChI is InChI=1S/C24H23NO4/c1-28-24(27)22(25)15-17-7-9-19(10-8-17)23(26)20-11-13-21(14-12-20)29-16-18-5-3-2-4-6-18/h2-14,22H,15-16,25H2,1H3/t22-/m0/s1. The molecule has 0 radical (unpaired) electrons. The van der Waals surface area contributed by atoms with Crippen LogP contribution in [0.5, 0.6) is 5.75 Å². The molecular weight excluding hydrogens is 366 g/mol. The third-order valence-electron chi connectivity index (χ3n) is 4.54. The summed E-state index contributed by atoms with van der Waals surface area (Å²) in [5.74, 6) is 0.167. The number of carbonyl (C=O) groups is 2. The summed E-state index contributed by atoms with van der Waals surface area (Å²) in [6.45, 7) is 0.476. The minimum Gasteiger partial charge on any atom is -0.489 e. The van der Waals surface area contributed by atoms with E-state index >= 15 is 0 Å². The quantitative estimate of drug-likeness (QED) is 0.471. The fraction of sp³-hybridized carbons (Fsp3) is 0.167. The summed E-state index contributed by atoms with van der Waals surface area (Å²) in [4.78, 5) is 24.1. The molecule has 0 bridgehead atoms. The first-order valence-electron chi connectivity index (χ1n) is 9.30. The Labute approximate surface area is 170 Å².